The van der Waals surface area contributed by atoms with E-state index in [1.54, 1.807) is 0 Å². The van der Waals surface area contributed by atoms with Crippen molar-refractivity contribution in [2.75, 3.05) is 18.9 Å². The topological polar surface area (TPSA) is 38.3 Å². The van der Waals surface area contributed by atoms with E-state index < -0.39 is 0 Å². The summed E-state index contributed by atoms with van der Waals surface area (Å²) in [6, 6.07) is 0.646. The lowest BCUT2D eigenvalue weighted by atomic mass is 10.2. The van der Waals surface area contributed by atoms with Crippen LogP contribution < -0.4 is 5.32 Å². The normalized spacial score (nSPS) is 25.5. The lowest BCUT2D eigenvalue weighted by Gasteiger charge is -2.10. The van der Waals surface area contributed by atoms with Crippen LogP contribution in [0, 0.1) is 0 Å². The van der Waals surface area contributed by atoms with Gasteiger partial charge in [-0.1, -0.05) is 6.92 Å². The molecule has 1 aliphatic rings. The predicted molar refractivity (Wildman–Crippen MR) is 64.2 cm³/mol. The summed E-state index contributed by atoms with van der Waals surface area (Å²) in [4.78, 5) is 11.0. The van der Waals surface area contributed by atoms with Crippen molar-refractivity contribution in [3.63, 3.8) is 0 Å². The molecule has 0 bridgehead atoms. The van der Waals surface area contributed by atoms with Gasteiger partial charge in [0.25, 0.3) is 0 Å². The molecule has 0 aliphatic carbocycles. The predicted octanol–water partition coefficient (Wildman–Crippen LogP) is 1.81. The standard InChI is InChI=1S/C11H21NO2S/c1-3-14-11(13)5-4-6-12-10-7-9(2)15-8-10/h9-10,12H,3-8H2,1-2H3. The van der Waals surface area contributed by atoms with Crippen LogP contribution in [0.1, 0.15) is 33.1 Å². The number of hydrogen-bond donors (Lipinski definition) is 1. The smallest absolute Gasteiger partial charge is 0.305 e. The number of carbonyl (C=O) groups excluding carboxylic acids is 1. The second-order valence-electron chi connectivity index (χ2n) is 3.94. The van der Waals surface area contributed by atoms with E-state index in [0.717, 1.165) is 18.2 Å². The Morgan fingerprint density at radius 2 is 2.40 bits per heavy atom. The third kappa shape index (κ3) is 5.42. The van der Waals surface area contributed by atoms with Crippen LogP contribution in [0.3, 0.4) is 0 Å². The zero-order valence-corrected chi connectivity index (χ0v) is 10.4. The highest BCUT2D eigenvalue weighted by molar-refractivity contribution is 8.00. The van der Waals surface area contributed by atoms with Gasteiger partial charge < -0.3 is 10.1 Å². The third-order valence-electron chi connectivity index (χ3n) is 2.49. The highest BCUT2D eigenvalue weighted by Crippen LogP contribution is 2.25. The highest BCUT2D eigenvalue weighted by Gasteiger charge is 2.20. The molecule has 1 saturated heterocycles. The molecule has 1 fully saturated rings. The SMILES string of the molecule is CCOC(=O)CCCNC1CSC(C)C1. The van der Waals surface area contributed by atoms with Crippen LogP contribution in [0.2, 0.25) is 0 Å². The van der Waals surface area contributed by atoms with E-state index in [1.165, 1.54) is 12.2 Å². The van der Waals surface area contributed by atoms with Crippen LogP contribution in [0.15, 0.2) is 0 Å². The number of nitrogens with one attached hydrogen (secondary N) is 1. The van der Waals surface area contributed by atoms with E-state index in [-0.39, 0.29) is 5.97 Å². The molecule has 1 rings (SSSR count). The number of carbonyl (C=O) groups is 1. The van der Waals surface area contributed by atoms with Gasteiger partial charge in [0, 0.05) is 23.5 Å². The maximum Gasteiger partial charge on any atom is 0.305 e. The first-order valence-corrected chi connectivity index (χ1v) is 6.78. The molecule has 1 N–H and O–H groups in total. The minimum Gasteiger partial charge on any atom is -0.466 e. The molecule has 3 nitrogen and oxygen atoms in total. The molecule has 88 valence electrons. The van der Waals surface area contributed by atoms with Gasteiger partial charge >= 0.3 is 5.97 Å². The summed E-state index contributed by atoms with van der Waals surface area (Å²) >= 11 is 2.02. The summed E-state index contributed by atoms with van der Waals surface area (Å²) in [6.07, 6.45) is 2.68. The second-order valence-corrected chi connectivity index (χ2v) is 5.41. The molecule has 1 heterocycles. The Balaban J connectivity index is 1.95. The van der Waals surface area contributed by atoms with E-state index >= 15 is 0 Å². The average Bonchev–Trinajstić information content (AvgIpc) is 2.60. The minimum absolute atomic E-state index is 0.0755. The molecule has 4 heteroatoms. The molecular formula is C11H21NO2S. The van der Waals surface area contributed by atoms with Crippen LogP contribution in [0.5, 0.6) is 0 Å². The van der Waals surface area contributed by atoms with Gasteiger partial charge in [-0.05, 0) is 26.3 Å². The van der Waals surface area contributed by atoms with Crippen LogP contribution in [0.25, 0.3) is 0 Å². The van der Waals surface area contributed by atoms with Crippen LogP contribution in [-0.4, -0.2) is 36.2 Å². The molecule has 0 aromatic heterocycles. The Hall–Kier alpha value is -0.220. The first-order chi connectivity index (χ1) is 7.22. The average molecular weight is 231 g/mol. The van der Waals surface area contributed by atoms with Gasteiger partial charge in [-0.2, -0.15) is 11.8 Å². The third-order valence-corrected chi connectivity index (χ3v) is 3.85. The van der Waals surface area contributed by atoms with Crippen LogP contribution >= 0.6 is 11.8 Å². The molecule has 0 aromatic rings. The van der Waals surface area contributed by atoms with E-state index in [0.29, 0.717) is 19.1 Å². The molecular weight excluding hydrogens is 210 g/mol. The van der Waals surface area contributed by atoms with Gasteiger partial charge in [-0.15, -0.1) is 0 Å². The van der Waals surface area contributed by atoms with Crippen molar-refractivity contribution < 1.29 is 9.53 Å². The van der Waals surface area contributed by atoms with Crippen molar-refractivity contribution in [1.82, 2.24) is 5.32 Å². The Labute approximate surface area is 96.3 Å². The Morgan fingerprint density at radius 3 is 3.00 bits per heavy atom. The van der Waals surface area contributed by atoms with Crippen LogP contribution in [0.4, 0.5) is 0 Å². The van der Waals surface area contributed by atoms with E-state index in [2.05, 4.69) is 12.2 Å². The molecule has 0 aromatic carbocycles. The zero-order chi connectivity index (χ0) is 11.1. The van der Waals surface area contributed by atoms with Gasteiger partial charge in [-0.25, -0.2) is 0 Å². The van der Waals surface area contributed by atoms with Crippen LogP contribution in [-0.2, 0) is 9.53 Å². The van der Waals surface area contributed by atoms with Gasteiger partial charge in [-0.3, -0.25) is 4.79 Å². The minimum atomic E-state index is -0.0755. The second kappa shape index (κ2) is 7.12. The van der Waals surface area contributed by atoms with Crippen molar-refractivity contribution in [2.24, 2.45) is 0 Å². The molecule has 0 spiro atoms. The summed E-state index contributed by atoms with van der Waals surface area (Å²) in [5, 5.41) is 4.27. The number of esters is 1. The number of hydrogen-bond acceptors (Lipinski definition) is 4. The molecule has 2 atom stereocenters. The van der Waals surface area contributed by atoms with E-state index in [1.807, 2.05) is 18.7 Å². The Bertz CT molecular complexity index is 199. The fraction of sp³-hybridized carbons (Fsp3) is 0.909. The van der Waals surface area contributed by atoms with E-state index in [4.69, 9.17) is 4.74 Å². The largest absolute Gasteiger partial charge is 0.466 e. The van der Waals surface area contributed by atoms with Gasteiger partial charge in [0.2, 0.25) is 0 Å². The summed E-state index contributed by atoms with van der Waals surface area (Å²) < 4.78 is 4.86. The van der Waals surface area contributed by atoms with E-state index in [9.17, 15) is 4.79 Å². The molecule has 2 unspecified atom stereocenters. The number of ether oxygens (including phenoxy) is 1. The Morgan fingerprint density at radius 1 is 1.60 bits per heavy atom. The molecule has 0 saturated carbocycles. The fourth-order valence-corrected chi connectivity index (χ4v) is 2.91. The van der Waals surface area contributed by atoms with Gasteiger partial charge in [0.15, 0.2) is 0 Å². The number of rotatable bonds is 6. The lowest BCUT2D eigenvalue weighted by Crippen LogP contribution is -2.30. The fourth-order valence-electron chi connectivity index (χ4n) is 1.73. The monoisotopic (exact) mass is 231 g/mol. The Kier molecular flexibility index (Phi) is 6.10. The molecule has 0 amide bonds. The van der Waals surface area contributed by atoms with Gasteiger partial charge in [0.05, 0.1) is 6.61 Å². The quantitative estimate of drug-likeness (QED) is 0.559. The molecule has 1 aliphatic heterocycles. The van der Waals surface area contributed by atoms with Crippen molar-refractivity contribution >= 4 is 17.7 Å². The van der Waals surface area contributed by atoms with Crippen molar-refractivity contribution in [3.05, 3.63) is 0 Å². The molecule has 0 radical (unpaired) electrons. The maximum absolute atomic E-state index is 11.0. The first kappa shape index (κ1) is 12.8. The van der Waals surface area contributed by atoms with Gasteiger partial charge in [0.1, 0.15) is 0 Å². The summed E-state index contributed by atoms with van der Waals surface area (Å²) in [5.41, 5.74) is 0. The summed E-state index contributed by atoms with van der Waals surface area (Å²) in [5.74, 6) is 1.13. The van der Waals surface area contributed by atoms with Crippen molar-refractivity contribution in [2.45, 2.75) is 44.4 Å². The first-order valence-electron chi connectivity index (χ1n) is 5.73. The summed E-state index contributed by atoms with van der Waals surface area (Å²) in [7, 11) is 0. The zero-order valence-electron chi connectivity index (χ0n) is 9.62. The van der Waals surface area contributed by atoms with Crippen molar-refractivity contribution in [1.29, 1.82) is 0 Å². The van der Waals surface area contributed by atoms with Crippen molar-refractivity contribution in [3.8, 4) is 0 Å². The lowest BCUT2D eigenvalue weighted by molar-refractivity contribution is -0.143. The number of thioether (sulfide) groups is 1. The molecule has 15 heavy (non-hydrogen) atoms. The summed E-state index contributed by atoms with van der Waals surface area (Å²) in [6.45, 7) is 5.53. The highest BCUT2D eigenvalue weighted by atomic mass is 32.2. The maximum atomic E-state index is 11.0.